The van der Waals surface area contributed by atoms with E-state index in [1.807, 2.05) is 26.2 Å². The van der Waals surface area contributed by atoms with Gasteiger partial charge in [0, 0.05) is 25.3 Å². The van der Waals surface area contributed by atoms with E-state index >= 15 is 0 Å². The van der Waals surface area contributed by atoms with Crippen molar-refractivity contribution in [1.29, 1.82) is 0 Å². The molecular formula is C13H17NO. The lowest BCUT2D eigenvalue weighted by molar-refractivity contribution is 0.159. The van der Waals surface area contributed by atoms with Gasteiger partial charge in [-0.05, 0) is 38.1 Å². The van der Waals surface area contributed by atoms with Gasteiger partial charge in [0.05, 0.1) is 0 Å². The molecule has 1 heterocycles. The predicted octanol–water partition coefficient (Wildman–Crippen LogP) is 2.94. The Hall–Kier alpha value is -1.44. The van der Waals surface area contributed by atoms with Crippen LogP contribution < -0.4 is 9.64 Å². The third-order valence-electron chi connectivity index (χ3n) is 2.55. The van der Waals surface area contributed by atoms with Crippen molar-refractivity contribution in [1.82, 2.24) is 0 Å². The largest absolute Gasteiger partial charge is 0.483 e. The molecule has 2 heteroatoms. The van der Waals surface area contributed by atoms with Gasteiger partial charge in [-0.2, -0.15) is 0 Å². The molecule has 1 aromatic rings. The van der Waals surface area contributed by atoms with Gasteiger partial charge in [-0.1, -0.05) is 6.07 Å². The van der Waals surface area contributed by atoms with Crippen LogP contribution in [-0.4, -0.2) is 19.7 Å². The molecule has 0 aromatic heterocycles. The predicted molar refractivity (Wildman–Crippen MR) is 64.5 cm³/mol. The van der Waals surface area contributed by atoms with Gasteiger partial charge in [-0.25, -0.2) is 0 Å². The van der Waals surface area contributed by atoms with Crippen molar-refractivity contribution in [3.63, 3.8) is 0 Å². The molecule has 0 saturated carbocycles. The molecule has 0 spiro atoms. The molecular weight excluding hydrogens is 186 g/mol. The molecule has 2 rings (SSSR count). The third kappa shape index (κ3) is 1.84. The standard InChI is InChI=1S/C13H17NO/c1-13(2)9-8-10-11(14(3)4)6-5-7-12(10)15-13/h5-9H,1-4H3. The van der Waals surface area contributed by atoms with Gasteiger partial charge in [0.15, 0.2) is 0 Å². The van der Waals surface area contributed by atoms with Crippen LogP contribution in [0.3, 0.4) is 0 Å². The van der Waals surface area contributed by atoms with E-state index in [2.05, 4.69) is 37.0 Å². The first-order valence-electron chi connectivity index (χ1n) is 5.18. The summed E-state index contributed by atoms with van der Waals surface area (Å²) in [7, 11) is 4.09. The summed E-state index contributed by atoms with van der Waals surface area (Å²) in [5.41, 5.74) is 2.17. The van der Waals surface area contributed by atoms with Crippen molar-refractivity contribution in [2.24, 2.45) is 0 Å². The quantitative estimate of drug-likeness (QED) is 0.695. The van der Waals surface area contributed by atoms with Gasteiger partial charge in [0.2, 0.25) is 0 Å². The minimum atomic E-state index is -0.196. The molecule has 1 aromatic carbocycles. The van der Waals surface area contributed by atoms with Crippen LogP contribution in [0.25, 0.3) is 6.08 Å². The summed E-state index contributed by atoms with van der Waals surface area (Å²) in [5.74, 6) is 0.966. The molecule has 0 amide bonds. The molecule has 0 aliphatic carbocycles. The van der Waals surface area contributed by atoms with E-state index in [-0.39, 0.29) is 5.60 Å². The van der Waals surface area contributed by atoms with Crippen LogP contribution in [-0.2, 0) is 0 Å². The second-order valence-corrected chi connectivity index (χ2v) is 4.62. The Morgan fingerprint density at radius 3 is 2.60 bits per heavy atom. The number of nitrogens with zero attached hydrogens (tertiary/aromatic N) is 1. The minimum Gasteiger partial charge on any atom is -0.483 e. The van der Waals surface area contributed by atoms with Gasteiger partial charge in [-0.15, -0.1) is 0 Å². The molecule has 0 saturated heterocycles. The van der Waals surface area contributed by atoms with Crippen LogP contribution in [0.2, 0.25) is 0 Å². The summed E-state index contributed by atoms with van der Waals surface area (Å²) in [6, 6.07) is 6.15. The Labute approximate surface area is 91.2 Å². The van der Waals surface area contributed by atoms with Crippen LogP contribution in [0.15, 0.2) is 24.3 Å². The SMILES string of the molecule is CN(C)c1cccc2c1C=CC(C)(C)O2. The molecule has 2 nitrogen and oxygen atoms in total. The Morgan fingerprint density at radius 2 is 1.93 bits per heavy atom. The van der Waals surface area contributed by atoms with Gasteiger partial charge in [0.1, 0.15) is 11.4 Å². The summed E-state index contributed by atoms with van der Waals surface area (Å²) in [6.45, 7) is 4.13. The Kier molecular flexibility index (Phi) is 2.22. The van der Waals surface area contributed by atoms with Crippen molar-refractivity contribution in [2.75, 3.05) is 19.0 Å². The maximum Gasteiger partial charge on any atom is 0.129 e. The van der Waals surface area contributed by atoms with E-state index in [1.165, 1.54) is 11.3 Å². The van der Waals surface area contributed by atoms with Crippen LogP contribution >= 0.6 is 0 Å². The summed E-state index contributed by atoms with van der Waals surface area (Å²) < 4.78 is 5.90. The third-order valence-corrected chi connectivity index (χ3v) is 2.55. The maximum atomic E-state index is 5.90. The molecule has 0 N–H and O–H groups in total. The van der Waals surface area contributed by atoms with Crippen LogP contribution in [0, 0.1) is 0 Å². The fraction of sp³-hybridized carbons (Fsp3) is 0.385. The molecule has 0 radical (unpaired) electrons. The van der Waals surface area contributed by atoms with Gasteiger partial charge in [-0.3, -0.25) is 0 Å². The normalized spacial score (nSPS) is 16.8. The van der Waals surface area contributed by atoms with E-state index in [0.29, 0.717) is 0 Å². The Morgan fingerprint density at radius 1 is 1.20 bits per heavy atom. The van der Waals surface area contributed by atoms with Crippen molar-refractivity contribution < 1.29 is 4.74 Å². The monoisotopic (exact) mass is 203 g/mol. The Balaban J connectivity index is 2.51. The lowest BCUT2D eigenvalue weighted by Crippen LogP contribution is -2.28. The summed E-state index contributed by atoms with van der Waals surface area (Å²) in [6.07, 6.45) is 4.25. The number of anilines is 1. The first-order valence-corrected chi connectivity index (χ1v) is 5.18. The molecule has 0 atom stereocenters. The average molecular weight is 203 g/mol. The number of fused-ring (bicyclic) bond motifs is 1. The first kappa shape index (κ1) is 10.1. The highest BCUT2D eigenvalue weighted by Gasteiger charge is 2.23. The highest BCUT2D eigenvalue weighted by atomic mass is 16.5. The summed E-state index contributed by atoms with van der Waals surface area (Å²) >= 11 is 0. The highest BCUT2D eigenvalue weighted by Crippen LogP contribution is 2.36. The number of hydrogen-bond acceptors (Lipinski definition) is 2. The van der Waals surface area contributed by atoms with Crippen molar-refractivity contribution in [3.8, 4) is 5.75 Å². The number of benzene rings is 1. The maximum absolute atomic E-state index is 5.90. The lowest BCUT2D eigenvalue weighted by Gasteiger charge is -2.30. The van der Waals surface area contributed by atoms with Crippen molar-refractivity contribution >= 4 is 11.8 Å². The van der Waals surface area contributed by atoms with E-state index in [1.54, 1.807) is 0 Å². The van der Waals surface area contributed by atoms with E-state index < -0.39 is 0 Å². The van der Waals surface area contributed by atoms with Crippen molar-refractivity contribution in [3.05, 3.63) is 29.8 Å². The lowest BCUT2D eigenvalue weighted by atomic mass is 10.0. The van der Waals surface area contributed by atoms with Gasteiger partial charge < -0.3 is 9.64 Å². The second-order valence-electron chi connectivity index (χ2n) is 4.62. The zero-order chi connectivity index (χ0) is 11.1. The van der Waals surface area contributed by atoms with E-state index in [9.17, 15) is 0 Å². The molecule has 1 aliphatic rings. The first-order chi connectivity index (χ1) is 6.99. The minimum absolute atomic E-state index is 0.196. The van der Waals surface area contributed by atoms with Crippen LogP contribution in [0.4, 0.5) is 5.69 Å². The van der Waals surface area contributed by atoms with Gasteiger partial charge in [0.25, 0.3) is 0 Å². The fourth-order valence-electron chi connectivity index (χ4n) is 1.78. The molecule has 15 heavy (non-hydrogen) atoms. The fourth-order valence-corrected chi connectivity index (χ4v) is 1.78. The molecule has 1 aliphatic heterocycles. The summed E-state index contributed by atoms with van der Waals surface area (Å²) in [4.78, 5) is 2.10. The summed E-state index contributed by atoms with van der Waals surface area (Å²) in [5, 5.41) is 0. The number of hydrogen-bond donors (Lipinski definition) is 0. The van der Waals surface area contributed by atoms with Crippen LogP contribution in [0.5, 0.6) is 5.75 Å². The smallest absolute Gasteiger partial charge is 0.129 e. The second kappa shape index (κ2) is 3.30. The molecule has 0 fully saturated rings. The highest BCUT2D eigenvalue weighted by molar-refractivity contribution is 5.74. The topological polar surface area (TPSA) is 12.5 Å². The number of ether oxygens (including phenoxy) is 1. The van der Waals surface area contributed by atoms with Crippen molar-refractivity contribution in [2.45, 2.75) is 19.4 Å². The Bertz CT molecular complexity index is 405. The zero-order valence-corrected chi connectivity index (χ0v) is 9.74. The van der Waals surface area contributed by atoms with E-state index in [4.69, 9.17) is 4.74 Å². The molecule has 0 bridgehead atoms. The zero-order valence-electron chi connectivity index (χ0n) is 9.74. The van der Waals surface area contributed by atoms with Gasteiger partial charge >= 0.3 is 0 Å². The average Bonchev–Trinajstić information content (AvgIpc) is 2.14. The molecule has 80 valence electrons. The number of rotatable bonds is 1. The van der Waals surface area contributed by atoms with E-state index in [0.717, 1.165) is 5.75 Å². The molecule has 0 unspecified atom stereocenters. The van der Waals surface area contributed by atoms with Crippen LogP contribution in [0.1, 0.15) is 19.4 Å².